The van der Waals surface area contributed by atoms with E-state index < -0.39 is 0 Å². The Labute approximate surface area is 403 Å². The van der Waals surface area contributed by atoms with Crippen LogP contribution in [0.1, 0.15) is 0 Å². The minimum absolute atomic E-state index is 1.11. The monoisotopic (exact) mass is 881 g/mol. The highest BCUT2D eigenvalue weighted by Crippen LogP contribution is 2.43. The molecule has 0 spiro atoms. The number of hydrogen-bond acceptors (Lipinski definition) is 3. The Hall–Kier alpha value is -9.18. The average molecular weight is 882 g/mol. The van der Waals surface area contributed by atoms with Crippen molar-refractivity contribution in [3.05, 3.63) is 285 Å². The van der Waals surface area contributed by atoms with Crippen LogP contribution in [0.4, 0.5) is 51.2 Å². The molecule has 0 aliphatic heterocycles. The zero-order valence-electron chi connectivity index (χ0n) is 38.0. The van der Waals surface area contributed by atoms with Crippen molar-refractivity contribution in [2.24, 2.45) is 0 Å². The first-order chi connectivity index (χ1) is 34.2. The van der Waals surface area contributed by atoms with Gasteiger partial charge >= 0.3 is 0 Å². The van der Waals surface area contributed by atoms with Gasteiger partial charge in [0.2, 0.25) is 0 Å². The number of rotatable bonds is 11. The van der Waals surface area contributed by atoms with E-state index in [1.807, 2.05) is 0 Å². The molecule has 69 heavy (non-hydrogen) atoms. The van der Waals surface area contributed by atoms with E-state index in [2.05, 4.69) is 300 Å². The molecule has 3 heteroatoms. The maximum atomic E-state index is 2.41. The van der Waals surface area contributed by atoms with E-state index in [0.29, 0.717) is 0 Å². The second-order valence-corrected chi connectivity index (χ2v) is 17.4. The van der Waals surface area contributed by atoms with Crippen molar-refractivity contribution < 1.29 is 0 Å². The summed E-state index contributed by atoms with van der Waals surface area (Å²) < 4.78 is 0. The van der Waals surface area contributed by atoms with E-state index in [9.17, 15) is 0 Å². The third kappa shape index (κ3) is 8.24. The van der Waals surface area contributed by atoms with Crippen LogP contribution in [0.3, 0.4) is 0 Å². The van der Waals surface area contributed by atoms with Gasteiger partial charge in [-0.1, -0.05) is 170 Å². The molecule has 12 rings (SSSR count). The molecule has 0 fully saturated rings. The molecule has 0 aromatic heterocycles. The van der Waals surface area contributed by atoms with Gasteiger partial charge in [-0.2, -0.15) is 0 Å². The molecule has 0 radical (unpaired) electrons. The number of nitrogens with zero attached hydrogens (tertiary/aromatic N) is 3. The quantitative estimate of drug-likeness (QED) is 0.128. The maximum absolute atomic E-state index is 2.41. The molecule has 0 unspecified atom stereocenters. The van der Waals surface area contributed by atoms with Crippen LogP contribution in [0.5, 0.6) is 0 Å². The Balaban J connectivity index is 0.865. The van der Waals surface area contributed by atoms with Crippen molar-refractivity contribution in [2.75, 3.05) is 14.7 Å². The minimum Gasteiger partial charge on any atom is -0.311 e. The molecule has 0 aliphatic rings. The van der Waals surface area contributed by atoms with Gasteiger partial charge in [0, 0.05) is 50.9 Å². The number of fused-ring (bicyclic) bond motifs is 3. The van der Waals surface area contributed by atoms with E-state index in [0.717, 1.165) is 51.2 Å². The van der Waals surface area contributed by atoms with E-state index in [4.69, 9.17) is 0 Å². The predicted molar refractivity (Wildman–Crippen MR) is 294 cm³/mol. The van der Waals surface area contributed by atoms with E-state index in [1.54, 1.807) is 0 Å². The summed E-state index contributed by atoms with van der Waals surface area (Å²) in [6, 6.07) is 103. The number of benzene rings is 12. The van der Waals surface area contributed by atoms with Gasteiger partial charge in [0.05, 0.1) is 5.69 Å². The molecule has 0 aliphatic carbocycles. The van der Waals surface area contributed by atoms with Crippen molar-refractivity contribution in [3.63, 3.8) is 0 Å². The number of anilines is 9. The van der Waals surface area contributed by atoms with Gasteiger partial charge in [-0.3, -0.25) is 0 Å². The SMILES string of the molecule is c1ccc(N(c2ccccc2)c2ccc(-c3ccc4cc(N(c5ccc6cc(-c7ccc(N(c8ccccc8)c8ccccc8)cc7)ccc6c5)c5cccc6ccccc56)ccc4c3)cc2)cc1. The van der Waals surface area contributed by atoms with Gasteiger partial charge in [-0.05, 0) is 164 Å². The first-order valence-electron chi connectivity index (χ1n) is 23.6. The van der Waals surface area contributed by atoms with Gasteiger partial charge in [0.25, 0.3) is 0 Å². The standard InChI is InChI=1S/C66H47N3/c1-5-18-57(19-6-1)67(58-20-7-2-8-21-58)61-38-32-48(33-39-61)51-28-30-55-46-63(42-36-53(55)44-51)69(66-27-15-17-50-16-13-14-26-65(50)66)64-43-37-54-45-52(29-31-56(54)47-64)49-34-40-62(41-35-49)68(59-22-9-3-10-23-59)60-24-11-4-12-25-60/h1-47H. The Bertz CT molecular complexity index is 3410. The maximum Gasteiger partial charge on any atom is 0.0540 e. The lowest BCUT2D eigenvalue weighted by Crippen LogP contribution is -2.10. The van der Waals surface area contributed by atoms with Crippen LogP contribution in [0, 0.1) is 0 Å². The number of hydrogen-bond donors (Lipinski definition) is 0. The summed E-state index contributed by atoms with van der Waals surface area (Å²) in [5.74, 6) is 0. The van der Waals surface area contributed by atoms with Crippen molar-refractivity contribution in [1.29, 1.82) is 0 Å². The van der Waals surface area contributed by atoms with Crippen LogP contribution in [0.15, 0.2) is 285 Å². The fourth-order valence-corrected chi connectivity index (χ4v) is 9.74. The van der Waals surface area contributed by atoms with Crippen molar-refractivity contribution in [2.45, 2.75) is 0 Å². The summed E-state index contributed by atoms with van der Waals surface area (Å²) >= 11 is 0. The summed E-state index contributed by atoms with van der Waals surface area (Å²) in [5.41, 5.74) is 14.8. The Morgan fingerprint density at radius 2 is 0.493 bits per heavy atom. The van der Waals surface area contributed by atoms with Crippen LogP contribution in [-0.2, 0) is 0 Å². The smallest absolute Gasteiger partial charge is 0.0540 e. The average Bonchev–Trinajstić information content (AvgIpc) is 3.42. The summed E-state index contributed by atoms with van der Waals surface area (Å²) in [6.45, 7) is 0. The lowest BCUT2D eigenvalue weighted by Gasteiger charge is -2.27. The molecule has 12 aromatic rings. The fourth-order valence-electron chi connectivity index (χ4n) is 9.74. The Morgan fingerprint density at radius 3 is 0.928 bits per heavy atom. The zero-order chi connectivity index (χ0) is 45.9. The molecule has 326 valence electrons. The van der Waals surface area contributed by atoms with Crippen LogP contribution >= 0.6 is 0 Å². The molecular formula is C66H47N3. The van der Waals surface area contributed by atoms with Gasteiger partial charge in [0.1, 0.15) is 0 Å². The first kappa shape index (κ1) is 41.3. The van der Waals surface area contributed by atoms with Gasteiger partial charge in [-0.15, -0.1) is 0 Å². The van der Waals surface area contributed by atoms with E-state index in [1.165, 1.54) is 54.6 Å². The summed E-state index contributed by atoms with van der Waals surface area (Å²) in [7, 11) is 0. The third-order valence-electron chi connectivity index (χ3n) is 13.1. The molecular weight excluding hydrogens is 835 g/mol. The van der Waals surface area contributed by atoms with Gasteiger partial charge in [-0.25, -0.2) is 0 Å². The highest BCUT2D eigenvalue weighted by Gasteiger charge is 2.18. The van der Waals surface area contributed by atoms with E-state index >= 15 is 0 Å². The van der Waals surface area contributed by atoms with Crippen molar-refractivity contribution >= 4 is 83.5 Å². The topological polar surface area (TPSA) is 9.72 Å². The van der Waals surface area contributed by atoms with Crippen molar-refractivity contribution in [1.82, 2.24) is 0 Å². The first-order valence-corrected chi connectivity index (χ1v) is 23.6. The van der Waals surface area contributed by atoms with Gasteiger partial charge in [0.15, 0.2) is 0 Å². The lowest BCUT2D eigenvalue weighted by atomic mass is 9.99. The molecule has 0 saturated heterocycles. The van der Waals surface area contributed by atoms with Gasteiger partial charge < -0.3 is 14.7 Å². The van der Waals surface area contributed by atoms with Crippen LogP contribution in [0.25, 0.3) is 54.6 Å². The third-order valence-corrected chi connectivity index (χ3v) is 13.1. The van der Waals surface area contributed by atoms with E-state index in [-0.39, 0.29) is 0 Å². The summed E-state index contributed by atoms with van der Waals surface area (Å²) in [4.78, 5) is 7.01. The molecule has 0 amide bonds. The number of para-hydroxylation sites is 4. The Morgan fingerprint density at radius 1 is 0.174 bits per heavy atom. The van der Waals surface area contributed by atoms with Crippen LogP contribution in [-0.4, -0.2) is 0 Å². The highest BCUT2D eigenvalue weighted by atomic mass is 15.2. The Kier molecular flexibility index (Phi) is 10.9. The zero-order valence-corrected chi connectivity index (χ0v) is 38.0. The summed E-state index contributed by atoms with van der Waals surface area (Å²) in [6.07, 6.45) is 0. The molecule has 0 saturated carbocycles. The fraction of sp³-hybridized carbons (Fsp3) is 0. The molecule has 0 atom stereocenters. The largest absolute Gasteiger partial charge is 0.311 e. The summed E-state index contributed by atoms with van der Waals surface area (Å²) in [5, 5.41) is 7.17. The molecule has 12 aromatic carbocycles. The molecule has 0 heterocycles. The lowest BCUT2D eigenvalue weighted by molar-refractivity contribution is 1.28. The minimum atomic E-state index is 1.11. The predicted octanol–water partition coefficient (Wildman–Crippen LogP) is 18.9. The van der Waals surface area contributed by atoms with Crippen LogP contribution < -0.4 is 14.7 Å². The molecule has 0 bridgehead atoms. The second-order valence-electron chi connectivity index (χ2n) is 17.4. The van der Waals surface area contributed by atoms with Crippen molar-refractivity contribution in [3.8, 4) is 22.3 Å². The molecule has 3 nitrogen and oxygen atoms in total. The van der Waals surface area contributed by atoms with Crippen LogP contribution in [0.2, 0.25) is 0 Å². The highest BCUT2D eigenvalue weighted by molar-refractivity contribution is 6.02. The second kappa shape index (κ2) is 18.2. The molecule has 0 N–H and O–H groups in total. The normalized spacial score (nSPS) is 11.2.